The lowest BCUT2D eigenvalue weighted by atomic mass is 10.1. The molecule has 3 rings (SSSR count). The van der Waals surface area contributed by atoms with Gasteiger partial charge in [0.25, 0.3) is 5.56 Å². The third-order valence-corrected chi connectivity index (χ3v) is 3.73. The van der Waals surface area contributed by atoms with E-state index >= 15 is 0 Å². The van der Waals surface area contributed by atoms with Crippen molar-refractivity contribution in [1.29, 1.82) is 0 Å². The molecule has 16 heavy (non-hydrogen) atoms. The van der Waals surface area contributed by atoms with Crippen molar-refractivity contribution in [3.8, 4) is 0 Å². The fourth-order valence-corrected chi connectivity index (χ4v) is 2.80. The second kappa shape index (κ2) is 3.43. The maximum Gasteiger partial charge on any atom is 0.253 e. The molecular weight excluding hydrogens is 268 g/mol. The van der Waals surface area contributed by atoms with Crippen molar-refractivity contribution in [3.63, 3.8) is 0 Å². The zero-order valence-corrected chi connectivity index (χ0v) is 10.5. The quantitative estimate of drug-likeness (QED) is 0.802. The van der Waals surface area contributed by atoms with Gasteiger partial charge in [0.15, 0.2) is 0 Å². The molecule has 1 aliphatic heterocycles. The SMILES string of the molecule is CN1Cc2c(c3cccc(Br)c3[nH]c2=O)C1. The van der Waals surface area contributed by atoms with Crippen molar-refractivity contribution >= 4 is 26.8 Å². The van der Waals surface area contributed by atoms with Gasteiger partial charge in [-0.1, -0.05) is 12.1 Å². The molecule has 3 nitrogen and oxygen atoms in total. The van der Waals surface area contributed by atoms with E-state index in [0.717, 1.165) is 34.0 Å². The third kappa shape index (κ3) is 1.33. The maximum atomic E-state index is 11.9. The van der Waals surface area contributed by atoms with Crippen LogP contribution in [-0.4, -0.2) is 16.9 Å². The average molecular weight is 279 g/mol. The van der Waals surface area contributed by atoms with Gasteiger partial charge in [0.1, 0.15) is 0 Å². The summed E-state index contributed by atoms with van der Waals surface area (Å²) >= 11 is 3.47. The van der Waals surface area contributed by atoms with Crippen LogP contribution in [0.2, 0.25) is 0 Å². The van der Waals surface area contributed by atoms with E-state index in [1.165, 1.54) is 5.56 Å². The lowest BCUT2D eigenvalue weighted by Gasteiger charge is -2.06. The molecule has 0 spiro atoms. The second-order valence-corrected chi connectivity index (χ2v) is 5.10. The van der Waals surface area contributed by atoms with Crippen LogP contribution in [-0.2, 0) is 13.1 Å². The Balaban J connectivity index is 2.46. The van der Waals surface area contributed by atoms with Gasteiger partial charge >= 0.3 is 0 Å². The van der Waals surface area contributed by atoms with Crippen LogP contribution < -0.4 is 5.56 Å². The van der Waals surface area contributed by atoms with Gasteiger partial charge < -0.3 is 4.98 Å². The Morgan fingerprint density at radius 2 is 2.06 bits per heavy atom. The summed E-state index contributed by atoms with van der Waals surface area (Å²) < 4.78 is 0.944. The van der Waals surface area contributed by atoms with Gasteiger partial charge in [-0.2, -0.15) is 0 Å². The van der Waals surface area contributed by atoms with Crippen molar-refractivity contribution in [2.45, 2.75) is 13.1 Å². The Bertz CT molecular complexity index is 633. The van der Waals surface area contributed by atoms with Crippen LogP contribution in [0.4, 0.5) is 0 Å². The summed E-state index contributed by atoms with van der Waals surface area (Å²) in [6.07, 6.45) is 0. The lowest BCUT2D eigenvalue weighted by Crippen LogP contribution is -2.14. The van der Waals surface area contributed by atoms with Crippen molar-refractivity contribution in [2.75, 3.05) is 7.05 Å². The number of aromatic nitrogens is 1. The number of benzene rings is 1. The number of fused-ring (bicyclic) bond motifs is 3. The molecule has 0 saturated carbocycles. The van der Waals surface area contributed by atoms with Crippen molar-refractivity contribution in [3.05, 3.63) is 44.2 Å². The average Bonchev–Trinajstić information content (AvgIpc) is 2.63. The van der Waals surface area contributed by atoms with E-state index in [1.807, 2.05) is 19.2 Å². The molecule has 1 aromatic heterocycles. The smallest absolute Gasteiger partial charge is 0.253 e. The van der Waals surface area contributed by atoms with E-state index in [2.05, 4.69) is 31.9 Å². The topological polar surface area (TPSA) is 36.1 Å². The van der Waals surface area contributed by atoms with Gasteiger partial charge in [-0.15, -0.1) is 0 Å². The number of hydrogen-bond donors (Lipinski definition) is 1. The largest absolute Gasteiger partial charge is 0.321 e. The number of rotatable bonds is 0. The van der Waals surface area contributed by atoms with E-state index in [9.17, 15) is 4.79 Å². The monoisotopic (exact) mass is 278 g/mol. The van der Waals surface area contributed by atoms with Gasteiger partial charge in [-0.25, -0.2) is 0 Å². The van der Waals surface area contributed by atoms with Crippen molar-refractivity contribution in [2.24, 2.45) is 0 Å². The summed E-state index contributed by atoms with van der Waals surface area (Å²) in [5, 5.41) is 1.15. The fraction of sp³-hybridized carbons (Fsp3) is 0.250. The van der Waals surface area contributed by atoms with E-state index < -0.39 is 0 Å². The number of para-hydroxylation sites is 1. The molecular formula is C12H11BrN2O. The molecule has 0 saturated heterocycles. The van der Waals surface area contributed by atoms with Crippen molar-refractivity contribution in [1.82, 2.24) is 9.88 Å². The maximum absolute atomic E-state index is 11.9. The molecule has 2 heterocycles. The summed E-state index contributed by atoms with van der Waals surface area (Å²) in [5.41, 5.74) is 3.02. The van der Waals surface area contributed by atoms with E-state index in [-0.39, 0.29) is 5.56 Å². The van der Waals surface area contributed by atoms with Crippen LogP contribution >= 0.6 is 15.9 Å². The number of nitrogens with zero attached hydrogens (tertiary/aromatic N) is 1. The Kier molecular flexibility index (Phi) is 2.16. The van der Waals surface area contributed by atoms with E-state index in [4.69, 9.17) is 0 Å². The summed E-state index contributed by atoms with van der Waals surface area (Å²) in [4.78, 5) is 17.0. The predicted molar refractivity (Wildman–Crippen MR) is 67.4 cm³/mol. The van der Waals surface area contributed by atoms with Crippen LogP contribution in [0.15, 0.2) is 27.5 Å². The van der Waals surface area contributed by atoms with E-state index in [1.54, 1.807) is 0 Å². The molecule has 0 bridgehead atoms. The summed E-state index contributed by atoms with van der Waals surface area (Å²) in [7, 11) is 2.03. The fourth-order valence-electron chi connectivity index (χ4n) is 2.33. The molecule has 1 aliphatic rings. The molecule has 0 amide bonds. The number of hydrogen-bond acceptors (Lipinski definition) is 2. The standard InChI is InChI=1S/C12H11BrN2O/c1-15-5-8-7-3-2-4-10(13)11(7)14-12(16)9(8)6-15/h2-4H,5-6H2,1H3,(H,14,16). The van der Waals surface area contributed by atoms with Crippen molar-refractivity contribution < 1.29 is 0 Å². The van der Waals surface area contributed by atoms with Crippen LogP contribution in [0.5, 0.6) is 0 Å². The zero-order chi connectivity index (χ0) is 11.3. The number of aromatic amines is 1. The lowest BCUT2D eigenvalue weighted by molar-refractivity contribution is 0.353. The predicted octanol–water partition coefficient (Wildman–Crippen LogP) is 2.24. The Morgan fingerprint density at radius 3 is 2.88 bits per heavy atom. The Hall–Kier alpha value is -1.13. The second-order valence-electron chi connectivity index (χ2n) is 4.25. The van der Waals surface area contributed by atoms with Gasteiger partial charge in [0, 0.05) is 28.5 Å². The minimum atomic E-state index is 0.0405. The highest BCUT2D eigenvalue weighted by Crippen LogP contribution is 2.29. The molecule has 1 N–H and O–H groups in total. The van der Waals surface area contributed by atoms with E-state index in [0.29, 0.717) is 0 Å². The summed E-state index contributed by atoms with van der Waals surface area (Å²) in [5.74, 6) is 0. The molecule has 0 radical (unpaired) electrons. The highest BCUT2D eigenvalue weighted by molar-refractivity contribution is 9.10. The first-order chi connectivity index (χ1) is 7.66. The molecule has 0 fully saturated rings. The molecule has 1 aromatic carbocycles. The van der Waals surface area contributed by atoms with Gasteiger partial charge in [-0.05, 0) is 34.6 Å². The Labute approximate surface area is 101 Å². The first kappa shape index (κ1) is 10.1. The number of pyridine rings is 1. The molecule has 0 atom stereocenters. The summed E-state index contributed by atoms with van der Waals surface area (Å²) in [6.45, 7) is 1.60. The third-order valence-electron chi connectivity index (χ3n) is 3.07. The van der Waals surface area contributed by atoms with Crippen LogP contribution in [0.1, 0.15) is 11.1 Å². The molecule has 2 aromatic rings. The van der Waals surface area contributed by atoms with Crippen LogP contribution in [0.3, 0.4) is 0 Å². The van der Waals surface area contributed by atoms with Gasteiger partial charge in [-0.3, -0.25) is 9.69 Å². The van der Waals surface area contributed by atoms with Gasteiger partial charge in [0.05, 0.1) is 5.52 Å². The minimum absolute atomic E-state index is 0.0405. The van der Waals surface area contributed by atoms with Crippen LogP contribution in [0, 0.1) is 0 Å². The summed E-state index contributed by atoms with van der Waals surface area (Å²) in [6, 6.07) is 6.01. The Morgan fingerprint density at radius 1 is 1.31 bits per heavy atom. The minimum Gasteiger partial charge on any atom is -0.321 e. The molecule has 82 valence electrons. The molecule has 0 unspecified atom stereocenters. The first-order valence-electron chi connectivity index (χ1n) is 5.17. The molecule has 4 heteroatoms. The van der Waals surface area contributed by atoms with Crippen LogP contribution in [0.25, 0.3) is 10.9 Å². The highest BCUT2D eigenvalue weighted by atomic mass is 79.9. The van der Waals surface area contributed by atoms with Gasteiger partial charge in [0.2, 0.25) is 0 Å². The first-order valence-corrected chi connectivity index (χ1v) is 5.97. The number of halogens is 1. The molecule has 0 aliphatic carbocycles. The zero-order valence-electron chi connectivity index (χ0n) is 8.88. The number of nitrogens with one attached hydrogen (secondary N) is 1. The normalized spacial score (nSPS) is 15.6. The highest BCUT2D eigenvalue weighted by Gasteiger charge is 2.21. The number of H-pyrrole nitrogens is 1.